The van der Waals surface area contributed by atoms with Gasteiger partial charge >= 0.3 is 0 Å². The van der Waals surface area contributed by atoms with Crippen LogP contribution < -0.4 is 26.0 Å². The minimum atomic E-state index is -2.02. The molecule has 1 atom stereocenters. The fraction of sp³-hybridized carbons (Fsp3) is 0.483. The van der Waals surface area contributed by atoms with Crippen LogP contribution in [0.25, 0.3) is 11.4 Å². The third-order valence-corrected chi connectivity index (χ3v) is 7.77. The second-order valence-electron chi connectivity index (χ2n) is 11.6. The zero-order valence-corrected chi connectivity index (χ0v) is 25.8. The van der Waals surface area contributed by atoms with Crippen LogP contribution in [0, 0.1) is 5.92 Å². The summed E-state index contributed by atoms with van der Waals surface area (Å²) in [4.78, 5) is 44.5. The zero-order valence-electron chi connectivity index (χ0n) is 25.8. The second kappa shape index (κ2) is 14.4. The Balaban J connectivity index is 1.29. The largest absolute Gasteiger partial charge is 0.494 e. The summed E-state index contributed by atoms with van der Waals surface area (Å²) in [5, 5.41) is 21.0. The maximum atomic E-state index is 12.9. The van der Waals surface area contributed by atoms with E-state index in [1.165, 1.54) is 19.6 Å². The second-order valence-corrected chi connectivity index (χ2v) is 11.6. The Morgan fingerprint density at radius 1 is 1.13 bits per heavy atom. The Labute approximate surface area is 270 Å². The predicted molar refractivity (Wildman–Crippen MR) is 172 cm³/mol. The van der Waals surface area contributed by atoms with Gasteiger partial charge in [0.05, 0.1) is 47.6 Å². The van der Waals surface area contributed by atoms with E-state index < -0.39 is 11.1 Å². The molecule has 1 saturated carbocycles. The lowest BCUT2D eigenvalue weighted by Gasteiger charge is -2.23. The van der Waals surface area contributed by atoms with E-state index in [2.05, 4.69) is 53.6 Å². The van der Waals surface area contributed by atoms with Gasteiger partial charge in [0.2, 0.25) is 23.5 Å². The molecule has 2 fully saturated rings. The van der Waals surface area contributed by atoms with Gasteiger partial charge in [0, 0.05) is 37.4 Å². The van der Waals surface area contributed by atoms with Gasteiger partial charge in [-0.05, 0) is 57.8 Å². The van der Waals surface area contributed by atoms with Crippen molar-refractivity contribution in [1.29, 1.82) is 0 Å². The number of para-hydroxylation sites is 1. The number of amides is 3. The van der Waals surface area contributed by atoms with Crippen molar-refractivity contribution < 1.29 is 23.6 Å². The van der Waals surface area contributed by atoms with E-state index in [0.717, 1.165) is 32.2 Å². The Bertz CT molecular complexity index is 1580. The Morgan fingerprint density at radius 2 is 1.93 bits per heavy atom. The van der Waals surface area contributed by atoms with E-state index in [1.54, 1.807) is 18.2 Å². The summed E-state index contributed by atoms with van der Waals surface area (Å²) in [5.74, 6) is -0.182. The number of rotatable bonds is 14. The first-order chi connectivity index (χ1) is 22.0. The summed E-state index contributed by atoms with van der Waals surface area (Å²) in [6, 6.07) is 7.11. The van der Waals surface area contributed by atoms with Gasteiger partial charge in [-0.25, -0.2) is 0 Å². The topological polar surface area (TPSA) is 176 Å². The molecule has 46 heavy (non-hydrogen) atoms. The minimum absolute atomic E-state index is 0.0802. The molecule has 234 valence electrons. The molecule has 3 heterocycles. The lowest BCUT2D eigenvalue weighted by Crippen LogP contribution is -2.50. The monoisotopic (exact) mass is 621 g/mol. The molecule has 2 aromatic heterocycles. The van der Waals surface area contributed by atoms with Crippen LogP contribution in [-0.2, 0) is 16.0 Å². The highest BCUT2D eigenvalue weighted by atomic mass is 16.5. The Kier molecular flexibility index (Phi) is 10.3. The van der Waals surface area contributed by atoms with Gasteiger partial charge in [0.1, 0.15) is 0 Å². The molecular formula is C29H34B3N9O5. The number of hydrogen-bond donors (Lipinski definition) is 4. The first kappa shape index (κ1) is 33.0. The van der Waals surface area contributed by atoms with Gasteiger partial charge in [-0.3, -0.25) is 14.4 Å². The fourth-order valence-electron chi connectivity index (χ4n) is 5.22. The number of carbonyl (C=O) groups excluding carboxylic acids is 3. The molecule has 17 heteroatoms. The lowest BCUT2D eigenvalue weighted by molar-refractivity contribution is -0.121. The molecule has 4 N–H and O–H groups in total. The highest BCUT2D eigenvalue weighted by Gasteiger charge is 2.30. The highest BCUT2D eigenvalue weighted by molar-refractivity contribution is 6.60. The zero-order chi connectivity index (χ0) is 32.8. The molecule has 1 aliphatic carbocycles. The van der Waals surface area contributed by atoms with E-state index in [0.29, 0.717) is 35.5 Å². The van der Waals surface area contributed by atoms with Gasteiger partial charge in [-0.2, -0.15) is 4.98 Å². The van der Waals surface area contributed by atoms with Crippen LogP contribution in [0.15, 0.2) is 28.8 Å². The normalized spacial score (nSPS) is 16.5. The number of aryl methyl sites for hydroxylation is 1. The quantitative estimate of drug-likeness (QED) is 0.189. The van der Waals surface area contributed by atoms with Gasteiger partial charge in [-0.15, -0.1) is 10.2 Å². The number of benzene rings is 1. The number of aromatic nitrogens is 4. The van der Waals surface area contributed by atoms with Crippen LogP contribution in [0.5, 0.6) is 5.75 Å². The van der Waals surface area contributed by atoms with Crippen molar-refractivity contribution in [3.63, 3.8) is 0 Å². The van der Waals surface area contributed by atoms with E-state index in [-0.39, 0.29) is 53.6 Å². The van der Waals surface area contributed by atoms with Crippen molar-refractivity contribution in [2.75, 3.05) is 37.9 Å². The number of nitrogens with zero attached hydrogens (tertiary/aromatic N) is 5. The number of anilines is 3. The fourth-order valence-corrected chi connectivity index (χ4v) is 5.22. The van der Waals surface area contributed by atoms with Crippen LogP contribution in [0.1, 0.15) is 54.9 Å². The van der Waals surface area contributed by atoms with Crippen molar-refractivity contribution in [2.24, 2.45) is 5.92 Å². The van der Waals surface area contributed by atoms with E-state index in [1.807, 2.05) is 0 Å². The summed E-state index contributed by atoms with van der Waals surface area (Å²) in [7, 11) is 20.3. The van der Waals surface area contributed by atoms with Crippen LogP contribution in [-0.4, -0.2) is 105 Å². The molecule has 3 amide bonds. The first-order valence-corrected chi connectivity index (χ1v) is 15.1. The van der Waals surface area contributed by atoms with E-state index >= 15 is 0 Å². The van der Waals surface area contributed by atoms with E-state index in [9.17, 15) is 14.4 Å². The summed E-state index contributed by atoms with van der Waals surface area (Å²) in [6.07, 6.45) is 5.33. The van der Waals surface area contributed by atoms with Gasteiger partial charge in [-0.1, -0.05) is 16.5 Å². The molecule has 0 bridgehead atoms. The average molecular weight is 621 g/mol. The van der Waals surface area contributed by atoms with Gasteiger partial charge in [0.25, 0.3) is 5.91 Å². The van der Waals surface area contributed by atoms with Crippen molar-refractivity contribution in [3.8, 4) is 17.1 Å². The summed E-state index contributed by atoms with van der Waals surface area (Å²) < 4.78 is 11.1. The summed E-state index contributed by atoms with van der Waals surface area (Å²) in [6.45, 7) is 1.72. The number of carbonyl (C=O) groups is 3. The third-order valence-electron chi connectivity index (χ3n) is 7.77. The summed E-state index contributed by atoms with van der Waals surface area (Å²) in [5.41, 5.74) is 0.836. The van der Waals surface area contributed by atoms with Crippen LogP contribution >= 0.6 is 0 Å². The van der Waals surface area contributed by atoms with Crippen molar-refractivity contribution >= 4 is 58.5 Å². The van der Waals surface area contributed by atoms with E-state index in [4.69, 9.17) is 32.8 Å². The third kappa shape index (κ3) is 8.65. The first-order valence-electron chi connectivity index (χ1n) is 15.1. The maximum absolute atomic E-state index is 12.9. The predicted octanol–water partition coefficient (Wildman–Crippen LogP) is 1.01. The van der Waals surface area contributed by atoms with Crippen molar-refractivity contribution in [1.82, 2.24) is 35.9 Å². The number of likely N-dealkylation sites (tertiary alicyclic amines) is 1. The SMILES string of the molecule is [B]C([B])([B])NC(=O)c1nnc(NC(=O)C2CC2)cc1Nc1cccc(-c2noc(CCC(=O)NCCC3CCCN3C)n2)c1OC. The smallest absolute Gasteiger partial charge is 0.272 e. The molecule has 2 aliphatic rings. The molecule has 5 rings (SSSR count). The molecule has 14 nitrogen and oxygen atoms in total. The lowest BCUT2D eigenvalue weighted by atomic mass is 9.49. The van der Waals surface area contributed by atoms with Gasteiger partial charge in [0.15, 0.2) is 17.3 Å². The van der Waals surface area contributed by atoms with Crippen molar-refractivity contribution in [3.05, 3.63) is 35.9 Å². The Morgan fingerprint density at radius 3 is 2.63 bits per heavy atom. The Hall–Kier alpha value is -4.40. The van der Waals surface area contributed by atoms with Gasteiger partial charge < -0.3 is 35.4 Å². The van der Waals surface area contributed by atoms with Crippen LogP contribution in [0.2, 0.25) is 0 Å². The average Bonchev–Trinajstić information content (AvgIpc) is 3.62. The molecule has 1 aromatic carbocycles. The highest BCUT2D eigenvalue weighted by Crippen LogP contribution is 2.37. The molecule has 6 radical (unpaired) electrons. The molecule has 1 saturated heterocycles. The molecule has 3 aromatic rings. The minimum Gasteiger partial charge on any atom is -0.494 e. The van der Waals surface area contributed by atoms with Crippen LogP contribution in [0.3, 0.4) is 0 Å². The summed E-state index contributed by atoms with van der Waals surface area (Å²) >= 11 is 0. The number of hydrogen-bond acceptors (Lipinski definition) is 11. The number of ether oxygens (including phenoxy) is 1. The number of methoxy groups -OCH3 is 1. The molecule has 0 spiro atoms. The molecule has 1 aliphatic heterocycles. The van der Waals surface area contributed by atoms with Crippen molar-refractivity contribution in [2.45, 2.75) is 56.2 Å². The van der Waals surface area contributed by atoms with Crippen LogP contribution in [0.4, 0.5) is 17.2 Å². The maximum Gasteiger partial charge on any atom is 0.272 e. The molecule has 1 unspecified atom stereocenters. The standard InChI is InChI=1S/C29H34B3N9O5/c1-41-14-4-5-17(41)12-13-33-22(42)10-11-23-36-26(40-46-23)18-6-3-7-19(25(18)45-2)34-20-15-21(35-27(43)16-8-9-16)38-39-24(20)28(44)37-29(30,31)32/h3,6-7,15-17H,4-5,8-14H2,1-2H3,(H,33,42)(H,37,44)(H2,34,35,38,43). The molecular weight excluding hydrogens is 587 g/mol. The number of nitrogens with one attached hydrogen (secondary N) is 4.